The third-order valence-electron chi connectivity index (χ3n) is 4.74. The second-order valence-electron chi connectivity index (χ2n) is 6.30. The molecule has 0 spiro atoms. The molecule has 2 rings (SSSR count). The number of aliphatic hydroxyl groups excluding tert-OH is 1. The van der Waals surface area contributed by atoms with Crippen LogP contribution >= 0.6 is 0 Å². The lowest BCUT2D eigenvalue weighted by atomic mass is 9.85. The fourth-order valence-electron chi connectivity index (χ4n) is 3.52. The van der Waals surface area contributed by atoms with Crippen LogP contribution in [0.5, 0.6) is 0 Å². The SMILES string of the molecule is O=C1CCCCC1CN(CCO)CC1CCCCC1=O. The maximum Gasteiger partial charge on any atom is 0.137 e. The van der Waals surface area contributed by atoms with Crippen molar-refractivity contribution in [3.63, 3.8) is 0 Å². The van der Waals surface area contributed by atoms with E-state index in [0.29, 0.717) is 31.0 Å². The highest BCUT2D eigenvalue weighted by molar-refractivity contribution is 5.82. The van der Waals surface area contributed by atoms with Crippen LogP contribution in [0.2, 0.25) is 0 Å². The smallest absolute Gasteiger partial charge is 0.137 e. The second kappa shape index (κ2) is 7.89. The summed E-state index contributed by atoms with van der Waals surface area (Å²) in [5, 5.41) is 9.22. The van der Waals surface area contributed by atoms with Gasteiger partial charge in [0.15, 0.2) is 0 Å². The van der Waals surface area contributed by atoms with Crippen molar-refractivity contribution in [1.29, 1.82) is 0 Å². The van der Waals surface area contributed by atoms with Gasteiger partial charge in [-0.1, -0.05) is 12.8 Å². The first-order chi connectivity index (χ1) is 9.70. The topological polar surface area (TPSA) is 57.6 Å². The summed E-state index contributed by atoms with van der Waals surface area (Å²) in [4.78, 5) is 26.0. The molecule has 0 bridgehead atoms. The van der Waals surface area contributed by atoms with Crippen LogP contribution in [0.3, 0.4) is 0 Å². The summed E-state index contributed by atoms with van der Waals surface area (Å²) >= 11 is 0. The van der Waals surface area contributed by atoms with Gasteiger partial charge in [-0.2, -0.15) is 0 Å². The number of Topliss-reactive ketones (excluding diaryl/α,β-unsaturated/α-hetero) is 2. The molecule has 0 saturated heterocycles. The highest BCUT2D eigenvalue weighted by Crippen LogP contribution is 2.24. The van der Waals surface area contributed by atoms with Gasteiger partial charge >= 0.3 is 0 Å². The standard InChI is InChI=1S/C16H27NO3/c18-10-9-17(11-13-5-1-3-7-15(13)19)12-14-6-2-4-8-16(14)20/h13-14,18H,1-12H2. The molecule has 0 aliphatic heterocycles. The van der Waals surface area contributed by atoms with Gasteiger partial charge < -0.3 is 5.11 Å². The lowest BCUT2D eigenvalue weighted by Crippen LogP contribution is -2.41. The zero-order valence-electron chi connectivity index (χ0n) is 12.4. The molecule has 0 aromatic carbocycles. The molecule has 2 aliphatic rings. The summed E-state index contributed by atoms with van der Waals surface area (Å²) in [5.41, 5.74) is 0. The van der Waals surface area contributed by atoms with Crippen LogP contribution in [-0.2, 0) is 9.59 Å². The number of carbonyl (C=O) groups is 2. The molecule has 0 heterocycles. The Bertz CT molecular complexity index is 313. The first-order valence-corrected chi connectivity index (χ1v) is 8.09. The summed E-state index contributed by atoms with van der Waals surface area (Å²) in [6.07, 6.45) is 7.67. The molecule has 2 unspecified atom stereocenters. The molecule has 2 atom stereocenters. The van der Waals surface area contributed by atoms with Crippen molar-refractivity contribution in [2.75, 3.05) is 26.2 Å². The molecule has 4 heteroatoms. The van der Waals surface area contributed by atoms with E-state index in [-0.39, 0.29) is 18.4 Å². The maximum absolute atomic E-state index is 11.9. The Kier molecular flexibility index (Phi) is 6.17. The summed E-state index contributed by atoms with van der Waals surface area (Å²) in [6, 6.07) is 0. The number of rotatable bonds is 6. The number of aliphatic hydroxyl groups is 1. The van der Waals surface area contributed by atoms with E-state index in [0.717, 1.165) is 51.6 Å². The Labute approximate surface area is 121 Å². The van der Waals surface area contributed by atoms with Gasteiger partial charge in [-0.3, -0.25) is 14.5 Å². The predicted molar refractivity (Wildman–Crippen MR) is 77.5 cm³/mol. The van der Waals surface area contributed by atoms with E-state index in [1.54, 1.807) is 0 Å². The van der Waals surface area contributed by atoms with Gasteiger partial charge in [0.1, 0.15) is 11.6 Å². The molecule has 20 heavy (non-hydrogen) atoms. The minimum Gasteiger partial charge on any atom is -0.395 e. The van der Waals surface area contributed by atoms with Crippen molar-refractivity contribution in [2.24, 2.45) is 11.8 Å². The number of hydrogen-bond acceptors (Lipinski definition) is 4. The number of ketones is 2. The van der Waals surface area contributed by atoms with E-state index in [1.807, 2.05) is 0 Å². The quantitative estimate of drug-likeness (QED) is 0.806. The number of nitrogens with zero attached hydrogens (tertiary/aromatic N) is 1. The third kappa shape index (κ3) is 4.38. The molecule has 0 aromatic heterocycles. The summed E-state index contributed by atoms with van der Waals surface area (Å²) < 4.78 is 0. The van der Waals surface area contributed by atoms with E-state index in [4.69, 9.17) is 0 Å². The highest BCUT2D eigenvalue weighted by atomic mass is 16.3. The Balaban J connectivity index is 1.88. The first kappa shape index (κ1) is 15.6. The minimum atomic E-state index is 0.0990. The molecule has 2 fully saturated rings. The van der Waals surface area contributed by atoms with Crippen molar-refractivity contribution in [1.82, 2.24) is 4.90 Å². The van der Waals surface area contributed by atoms with Crippen molar-refractivity contribution in [2.45, 2.75) is 51.4 Å². The molecule has 4 nitrogen and oxygen atoms in total. The van der Waals surface area contributed by atoms with Gasteiger partial charge in [-0.25, -0.2) is 0 Å². The lowest BCUT2D eigenvalue weighted by molar-refractivity contribution is -0.126. The van der Waals surface area contributed by atoms with E-state index >= 15 is 0 Å². The van der Waals surface area contributed by atoms with Crippen LogP contribution in [0.15, 0.2) is 0 Å². The van der Waals surface area contributed by atoms with Crippen LogP contribution in [0.1, 0.15) is 51.4 Å². The molecular formula is C16H27NO3. The summed E-state index contributed by atoms with van der Waals surface area (Å²) in [5.74, 6) is 0.978. The van der Waals surface area contributed by atoms with Crippen LogP contribution in [0.4, 0.5) is 0 Å². The van der Waals surface area contributed by atoms with Crippen molar-refractivity contribution >= 4 is 11.6 Å². The lowest BCUT2D eigenvalue weighted by Gasteiger charge is -2.32. The Morgan fingerprint density at radius 3 is 1.80 bits per heavy atom. The molecule has 0 radical (unpaired) electrons. The molecule has 114 valence electrons. The fourth-order valence-corrected chi connectivity index (χ4v) is 3.52. The third-order valence-corrected chi connectivity index (χ3v) is 4.74. The molecule has 2 aliphatic carbocycles. The van der Waals surface area contributed by atoms with E-state index in [2.05, 4.69) is 4.90 Å². The van der Waals surface area contributed by atoms with Crippen molar-refractivity contribution in [3.8, 4) is 0 Å². The van der Waals surface area contributed by atoms with Gasteiger partial charge in [0.2, 0.25) is 0 Å². The van der Waals surface area contributed by atoms with Crippen LogP contribution in [-0.4, -0.2) is 47.8 Å². The molecule has 1 N–H and O–H groups in total. The predicted octanol–water partition coefficient (Wildman–Crippen LogP) is 1.80. The average Bonchev–Trinajstić information content (AvgIpc) is 2.44. The van der Waals surface area contributed by atoms with E-state index < -0.39 is 0 Å². The van der Waals surface area contributed by atoms with Crippen LogP contribution < -0.4 is 0 Å². The van der Waals surface area contributed by atoms with Gasteiger partial charge in [-0.15, -0.1) is 0 Å². The molecule has 2 saturated carbocycles. The zero-order valence-corrected chi connectivity index (χ0v) is 12.4. The average molecular weight is 281 g/mol. The van der Waals surface area contributed by atoms with Crippen molar-refractivity contribution in [3.05, 3.63) is 0 Å². The summed E-state index contributed by atoms with van der Waals surface area (Å²) in [7, 11) is 0. The summed E-state index contributed by atoms with van der Waals surface area (Å²) in [6.45, 7) is 2.13. The van der Waals surface area contributed by atoms with E-state index in [9.17, 15) is 14.7 Å². The largest absolute Gasteiger partial charge is 0.395 e. The number of carbonyl (C=O) groups excluding carboxylic acids is 2. The van der Waals surface area contributed by atoms with E-state index in [1.165, 1.54) is 0 Å². The van der Waals surface area contributed by atoms with Gasteiger partial charge in [-0.05, 0) is 25.7 Å². The number of hydrogen-bond donors (Lipinski definition) is 1. The maximum atomic E-state index is 11.9. The minimum absolute atomic E-state index is 0.0990. The van der Waals surface area contributed by atoms with Gasteiger partial charge in [0.25, 0.3) is 0 Å². The second-order valence-corrected chi connectivity index (χ2v) is 6.30. The van der Waals surface area contributed by atoms with Crippen LogP contribution in [0.25, 0.3) is 0 Å². The Morgan fingerprint density at radius 1 is 0.900 bits per heavy atom. The normalized spacial score (nSPS) is 28.1. The van der Waals surface area contributed by atoms with Gasteiger partial charge in [0.05, 0.1) is 6.61 Å². The van der Waals surface area contributed by atoms with Crippen LogP contribution in [0, 0.1) is 11.8 Å². The zero-order chi connectivity index (χ0) is 14.4. The van der Waals surface area contributed by atoms with Gasteiger partial charge in [0, 0.05) is 44.3 Å². The fraction of sp³-hybridized carbons (Fsp3) is 0.875. The molecular weight excluding hydrogens is 254 g/mol. The Hall–Kier alpha value is -0.740. The highest BCUT2D eigenvalue weighted by Gasteiger charge is 2.28. The Morgan fingerprint density at radius 2 is 1.40 bits per heavy atom. The van der Waals surface area contributed by atoms with Crippen molar-refractivity contribution < 1.29 is 14.7 Å². The monoisotopic (exact) mass is 281 g/mol. The first-order valence-electron chi connectivity index (χ1n) is 8.09. The molecule has 0 amide bonds. The molecule has 0 aromatic rings.